The number of hydrogen-bond donors (Lipinski definition) is 2. The Balaban J connectivity index is 2.04. The van der Waals surface area contributed by atoms with Crippen molar-refractivity contribution in [2.75, 3.05) is 11.9 Å². The molecule has 0 atom stereocenters. The van der Waals surface area contributed by atoms with Crippen molar-refractivity contribution in [3.8, 4) is 0 Å². The number of nitrogens with one attached hydrogen (secondary N) is 1. The van der Waals surface area contributed by atoms with Gasteiger partial charge in [0.05, 0.1) is 5.69 Å². The molecule has 0 saturated heterocycles. The van der Waals surface area contributed by atoms with Gasteiger partial charge in [-0.3, -0.25) is 4.98 Å². The number of benzene rings is 1. The summed E-state index contributed by atoms with van der Waals surface area (Å²) in [6, 6.07) is 9.74. The molecule has 0 aliphatic heterocycles. The van der Waals surface area contributed by atoms with Crippen molar-refractivity contribution in [2.45, 2.75) is 6.42 Å². The first-order chi connectivity index (χ1) is 9.18. The van der Waals surface area contributed by atoms with E-state index in [2.05, 4.69) is 10.3 Å². The molecule has 2 rings (SSSR count). The van der Waals surface area contributed by atoms with Crippen molar-refractivity contribution >= 4 is 11.7 Å². The summed E-state index contributed by atoms with van der Waals surface area (Å²) < 4.78 is 13.4. The Bertz CT molecular complexity index is 573. The lowest BCUT2D eigenvalue weighted by molar-refractivity contribution is 0.0693. The highest BCUT2D eigenvalue weighted by Gasteiger charge is 2.14. The van der Waals surface area contributed by atoms with Crippen LogP contribution in [0.15, 0.2) is 42.6 Å². The lowest BCUT2D eigenvalue weighted by atomic mass is 10.1. The molecule has 0 amide bonds. The third-order valence-corrected chi connectivity index (χ3v) is 2.65. The SMILES string of the molecule is O=C(O)c1c(F)cccc1NCCc1ccccn1. The summed E-state index contributed by atoms with van der Waals surface area (Å²) in [7, 11) is 0. The van der Waals surface area contributed by atoms with Crippen LogP contribution in [0.3, 0.4) is 0 Å². The number of aromatic nitrogens is 1. The Morgan fingerprint density at radius 2 is 2.11 bits per heavy atom. The zero-order valence-corrected chi connectivity index (χ0v) is 10.1. The summed E-state index contributed by atoms with van der Waals surface area (Å²) in [5, 5.41) is 11.9. The third-order valence-electron chi connectivity index (χ3n) is 2.65. The van der Waals surface area contributed by atoms with Crippen LogP contribution in [0, 0.1) is 5.82 Å². The topological polar surface area (TPSA) is 62.2 Å². The highest BCUT2D eigenvalue weighted by molar-refractivity contribution is 5.94. The second-order valence-electron chi connectivity index (χ2n) is 3.97. The molecule has 19 heavy (non-hydrogen) atoms. The lowest BCUT2D eigenvalue weighted by Crippen LogP contribution is -2.11. The summed E-state index contributed by atoms with van der Waals surface area (Å²) in [6.45, 7) is 0.487. The van der Waals surface area contributed by atoms with E-state index in [1.165, 1.54) is 6.07 Å². The zero-order chi connectivity index (χ0) is 13.7. The summed E-state index contributed by atoms with van der Waals surface area (Å²) in [6.07, 6.45) is 2.33. The molecule has 0 aliphatic rings. The molecule has 2 aromatic rings. The van der Waals surface area contributed by atoms with Gasteiger partial charge in [0.1, 0.15) is 11.4 Å². The number of aromatic carboxylic acids is 1. The predicted octanol–water partition coefficient (Wildman–Crippen LogP) is 2.57. The number of halogens is 1. The van der Waals surface area contributed by atoms with Gasteiger partial charge < -0.3 is 10.4 Å². The van der Waals surface area contributed by atoms with E-state index in [1.54, 1.807) is 12.3 Å². The highest BCUT2D eigenvalue weighted by Crippen LogP contribution is 2.18. The van der Waals surface area contributed by atoms with Gasteiger partial charge >= 0.3 is 5.97 Å². The molecule has 0 spiro atoms. The van der Waals surface area contributed by atoms with Gasteiger partial charge in [0.2, 0.25) is 0 Å². The van der Waals surface area contributed by atoms with Crippen molar-refractivity contribution in [2.24, 2.45) is 0 Å². The first kappa shape index (κ1) is 13.0. The Hall–Kier alpha value is -2.43. The second-order valence-corrected chi connectivity index (χ2v) is 3.97. The number of nitrogens with zero attached hydrogens (tertiary/aromatic N) is 1. The van der Waals surface area contributed by atoms with Gasteiger partial charge in [-0.2, -0.15) is 0 Å². The number of hydrogen-bond acceptors (Lipinski definition) is 3. The molecule has 0 saturated carbocycles. The van der Waals surface area contributed by atoms with Crippen molar-refractivity contribution < 1.29 is 14.3 Å². The first-order valence-corrected chi connectivity index (χ1v) is 5.84. The molecule has 1 aromatic heterocycles. The molecule has 1 aromatic carbocycles. The molecule has 98 valence electrons. The van der Waals surface area contributed by atoms with Gasteiger partial charge in [0, 0.05) is 24.9 Å². The number of carboxylic acids is 1. The van der Waals surface area contributed by atoms with Crippen molar-refractivity contribution in [1.82, 2.24) is 4.98 Å². The van der Waals surface area contributed by atoms with E-state index < -0.39 is 11.8 Å². The number of pyridine rings is 1. The van der Waals surface area contributed by atoms with Crippen LogP contribution in [0.25, 0.3) is 0 Å². The van der Waals surface area contributed by atoms with Crippen LogP contribution in [0.2, 0.25) is 0 Å². The Kier molecular flexibility index (Phi) is 4.07. The maximum atomic E-state index is 13.4. The van der Waals surface area contributed by atoms with Gasteiger partial charge in [-0.25, -0.2) is 9.18 Å². The van der Waals surface area contributed by atoms with Gasteiger partial charge in [0.25, 0.3) is 0 Å². The molecule has 4 nitrogen and oxygen atoms in total. The average molecular weight is 260 g/mol. The van der Waals surface area contributed by atoms with E-state index in [-0.39, 0.29) is 11.3 Å². The van der Waals surface area contributed by atoms with E-state index in [4.69, 9.17) is 5.11 Å². The van der Waals surface area contributed by atoms with E-state index in [9.17, 15) is 9.18 Å². The fourth-order valence-corrected chi connectivity index (χ4v) is 1.76. The first-order valence-electron chi connectivity index (χ1n) is 5.84. The fourth-order valence-electron chi connectivity index (χ4n) is 1.76. The maximum Gasteiger partial charge on any atom is 0.340 e. The van der Waals surface area contributed by atoms with Crippen molar-refractivity contribution in [3.05, 3.63) is 59.7 Å². The molecule has 0 radical (unpaired) electrons. The van der Waals surface area contributed by atoms with Crippen molar-refractivity contribution in [3.63, 3.8) is 0 Å². The van der Waals surface area contributed by atoms with Crippen LogP contribution in [0.4, 0.5) is 10.1 Å². The third kappa shape index (κ3) is 3.28. The number of carbonyl (C=O) groups is 1. The standard InChI is InChI=1S/C14H13FN2O2/c15-11-5-3-6-12(13(11)14(18)19)17-9-7-10-4-1-2-8-16-10/h1-6,8,17H,7,9H2,(H,18,19). The molecule has 0 bridgehead atoms. The van der Waals surface area contributed by atoms with Crippen LogP contribution in [-0.4, -0.2) is 22.6 Å². The van der Waals surface area contributed by atoms with E-state index in [0.717, 1.165) is 11.8 Å². The fraction of sp³-hybridized carbons (Fsp3) is 0.143. The van der Waals surface area contributed by atoms with Gasteiger partial charge in [-0.05, 0) is 24.3 Å². The zero-order valence-electron chi connectivity index (χ0n) is 10.1. The maximum absolute atomic E-state index is 13.4. The predicted molar refractivity (Wildman–Crippen MR) is 69.8 cm³/mol. The Morgan fingerprint density at radius 1 is 1.26 bits per heavy atom. The quantitative estimate of drug-likeness (QED) is 0.867. The monoisotopic (exact) mass is 260 g/mol. The van der Waals surface area contributed by atoms with E-state index in [0.29, 0.717) is 13.0 Å². The Labute approximate surface area is 109 Å². The van der Waals surface area contributed by atoms with Crippen LogP contribution in [0.1, 0.15) is 16.1 Å². The van der Waals surface area contributed by atoms with Crippen LogP contribution >= 0.6 is 0 Å². The van der Waals surface area contributed by atoms with E-state index in [1.807, 2.05) is 18.2 Å². The molecule has 5 heteroatoms. The van der Waals surface area contributed by atoms with Crippen LogP contribution in [-0.2, 0) is 6.42 Å². The minimum Gasteiger partial charge on any atom is -0.478 e. The van der Waals surface area contributed by atoms with Gasteiger partial charge in [-0.1, -0.05) is 12.1 Å². The molecule has 0 fully saturated rings. The summed E-state index contributed by atoms with van der Waals surface area (Å²) in [5.41, 5.74) is 0.843. The van der Waals surface area contributed by atoms with Crippen LogP contribution in [0.5, 0.6) is 0 Å². The molecular weight excluding hydrogens is 247 g/mol. The summed E-state index contributed by atoms with van der Waals surface area (Å²) in [5.74, 6) is -2.02. The second kappa shape index (κ2) is 5.95. The molecule has 2 N–H and O–H groups in total. The van der Waals surface area contributed by atoms with E-state index >= 15 is 0 Å². The normalized spacial score (nSPS) is 10.2. The van der Waals surface area contributed by atoms with Gasteiger partial charge in [-0.15, -0.1) is 0 Å². The molecule has 1 heterocycles. The van der Waals surface area contributed by atoms with Crippen molar-refractivity contribution in [1.29, 1.82) is 0 Å². The number of rotatable bonds is 5. The largest absolute Gasteiger partial charge is 0.478 e. The van der Waals surface area contributed by atoms with Gasteiger partial charge in [0.15, 0.2) is 0 Å². The number of anilines is 1. The Morgan fingerprint density at radius 3 is 2.79 bits per heavy atom. The molecular formula is C14H13FN2O2. The lowest BCUT2D eigenvalue weighted by Gasteiger charge is -2.09. The smallest absolute Gasteiger partial charge is 0.340 e. The number of carboxylic acid groups (broad SMARTS) is 1. The minimum atomic E-state index is -1.28. The molecule has 0 unspecified atom stereocenters. The minimum absolute atomic E-state index is 0.281. The average Bonchev–Trinajstić information content (AvgIpc) is 2.39. The summed E-state index contributed by atoms with van der Waals surface area (Å²) >= 11 is 0. The van der Waals surface area contributed by atoms with Crippen LogP contribution < -0.4 is 5.32 Å². The summed E-state index contributed by atoms with van der Waals surface area (Å²) in [4.78, 5) is 15.1. The highest BCUT2D eigenvalue weighted by atomic mass is 19.1. The molecule has 0 aliphatic carbocycles.